The van der Waals surface area contributed by atoms with Gasteiger partial charge >= 0.3 is 0 Å². The number of hydrogen-bond donors (Lipinski definition) is 1. The van der Waals surface area contributed by atoms with E-state index in [2.05, 4.69) is 38.5 Å². The summed E-state index contributed by atoms with van der Waals surface area (Å²) >= 11 is 5.37. The Hall–Kier alpha value is 0.230. The van der Waals surface area contributed by atoms with Gasteiger partial charge in [0.25, 0.3) is 0 Å². The highest BCUT2D eigenvalue weighted by atomic mass is 127. The van der Waals surface area contributed by atoms with Crippen molar-refractivity contribution in [1.82, 2.24) is 0 Å². The van der Waals surface area contributed by atoms with Crippen molar-refractivity contribution in [2.75, 3.05) is 0 Å². The van der Waals surface area contributed by atoms with Crippen molar-refractivity contribution in [2.45, 2.75) is 0 Å². The molecule has 0 atom stereocenters. The number of benzene rings is 1. The van der Waals surface area contributed by atoms with E-state index in [1.165, 1.54) is 0 Å². The molecular weight excluding hydrogens is 295 g/mol. The molecule has 0 bridgehead atoms. The van der Waals surface area contributed by atoms with Crippen LogP contribution in [0.5, 0.6) is 5.75 Å². The topological polar surface area (TPSA) is 20.2 Å². The van der Waals surface area contributed by atoms with Crippen molar-refractivity contribution < 1.29 is 5.11 Å². The third-order valence-electron chi connectivity index (χ3n) is 0.910. The molecule has 0 amide bonds. The molecule has 0 aliphatic rings. The highest BCUT2D eigenvalue weighted by Gasteiger charge is 1.94. The van der Waals surface area contributed by atoms with Crippen LogP contribution in [0.15, 0.2) is 22.7 Å². The first kappa shape index (κ1) is 7.34. The quantitative estimate of drug-likeness (QED) is 0.730. The lowest BCUT2D eigenvalue weighted by molar-refractivity contribution is 0.472. The lowest BCUT2D eigenvalue weighted by Gasteiger charge is -1.94. The van der Waals surface area contributed by atoms with Gasteiger partial charge in [-0.05, 0) is 56.7 Å². The fourth-order valence-corrected chi connectivity index (χ4v) is 1.78. The van der Waals surface area contributed by atoms with Crippen molar-refractivity contribution in [3.05, 3.63) is 26.2 Å². The summed E-state index contributed by atoms with van der Waals surface area (Å²) in [6, 6.07) is 5.36. The van der Waals surface area contributed by atoms with Gasteiger partial charge in [-0.3, -0.25) is 0 Å². The maximum atomic E-state index is 8.99. The van der Waals surface area contributed by atoms with E-state index >= 15 is 0 Å². The minimum atomic E-state index is 0.287. The van der Waals surface area contributed by atoms with Crippen molar-refractivity contribution in [3.63, 3.8) is 0 Å². The zero-order chi connectivity index (χ0) is 6.85. The molecule has 0 aliphatic heterocycles. The largest absolute Gasteiger partial charge is 0.507 e. The smallest absolute Gasteiger partial charge is 0.129 e. The van der Waals surface area contributed by atoms with E-state index < -0.39 is 0 Å². The zero-order valence-electron chi connectivity index (χ0n) is 4.44. The standard InChI is InChI=1S/C6H4BrIO/c7-5-3-4(8)1-2-6(5)9/h1-3,9H. The van der Waals surface area contributed by atoms with E-state index in [0.717, 1.165) is 8.04 Å². The molecule has 0 unspecified atom stereocenters. The fraction of sp³-hybridized carbons (Fsp3) is 0. The Morgan fingerprint density at radius 2 is 2.11 bits per heavy atom. The highest BCUT2D eigenvalue weighted by Crippen LogP contribution is 2.24. The van der Waals surface area contributed by atoms with Crippen LogP contribution in [0, 0.1) is 3.57 Å². The van der Waals surface area contributed by atoms with Gasteiger partial charge in [0.1, 0.15) is 5.75 Å². The summed E-state index contributed by atoms with van der Waals surface area (Å²) in [5, 5.41) is 8.99. The molecule has 9 heavy (non-hydrogen) atoms. The molecule has 0 aromatic heterocycles. The second kappa shape index (κ2) is 2.88. The average molecular weight is 299 g/mol. The molecule has 0 heterocycles. The summed E-state index contributed by atoms with van der Waals surface area (Å²) in [6.45, 7) is 0. The van der Waals surface area contributed by atoms with E-state index in [1.54, 1.807) is 6.07 Å². The van der Waals surface area contributed by atoms with Crippen LogP contribution in [0.3, 0.4) is 0 Å². The van der Waals surface area contributed by atoms with Crippen LogP contribution in [0.2, 0.25) is 0 Å². The third-order valence-corrected chi connectivity index (χ3v) is 2.22. The fourth-order valence-electron chi connectivity index (χ4n) is 0.481. The average Bonchev–Trinajstić information content (AvgIpc) is 1.80. The summed E-state index contributed by atoms with van der Waals surface area (Å²) in [5.74, 6) is 0.287. The first-order valence-electron chi connectivity index (χ1n) is 2.34. The molecule has 1 rings (SSSR count). The van der Waals surface area contributed by atoms with Crippen LogP contribution in [-0.2, 0) is 0 Å². The first-order valence-corrected chi connectivity index (χ1v) is 4.21. The van der Waals surface area contributed by atoms with Crippen LogP contribution >= 0.6 is 38.5 Å². The number of halogens is 2. The molecule has 0 fully saturated rings. The van der Waals surface area contributed by atoms with Crippen LogP contribution in [0.1, 0.15) is 0 Å². The number of hydrogen-bond acceptors (Lipinski definition) is 1. The van der Waals surface area contributed by atoms with Crippen molar-refractivity contribution in [3.8, 4) is 5.75 Å². The van der Waals surface area contributed by atoms with Gasteiger partial charge in [0.05, 0.1) is 4.47 Å². The molecule has 3 heteroatoms. The maximum absolute atomic E-state index is 8.99. The van der Waals surface area contributed by atoms with Gasteiger partial charge in [0.2, 0.25) is 0 Å². The van der Waals surface area contributed by atoms with E-state index in [1.807, 2.05) is 12.1 Å². The van der Waals surface area contributed by atoms with E-state index in [4.69, 9.17) is 5.11 Å². The molecule has 0 spiro atoms. The molecular formula is C6H4BrIO. The Bertz CT molecular complexity index is 224. The molecule has 0 saturated heterocycles. The summed E-state index contributed by atoms with van der Waals surface area (Å²) in [4.78, 5) is 0. The summed E-state index contributed by atoms with van der Waals surface area (Å²) < 4.78 is 1.85. The van der Waals surface area contributed by atoms with Gasteiger partial charge in [-0.1, -0.05) is 0 Å². The van der Waals surface area contributed by atoms with Gasteiger partial charge in [-0.15, -0.1) is 0 Å². The Balaban J connectivity index is 3.17. The zero-order valence-corrected chi connectivity index (χ0v) is 8.18. The van der Waals surface area contributed by atoms with Crippen molar-refractivity contribution in [2.24, 2.45) is 0 Å². The number of aromatic hydroxyl groups is 1. The monoisotopic (exact) mass is 298 g/mol. The van der Waals surface area contributed by atoms with E-state index in [9.17, 15) is 0 Å². The lowest BCUT2D eigenvalue weighted by atomic mass is 10.3. The second-order valence-electron chi connectivity index (χ2n) is 1.60. The summed E-state index contributed by atoms with van der Waals surface area (Å²) in [5.41, 5.74) is 0. The molecule has 1 aromatic rings. The molecule has 1 aromatic carbocycles. The van der Waals surface area contributed by atoms with Gasteiger partial charge in [-0.25, -0.2) is 0 Å². The minimum absolute atomic E-state index is 0.287. The summed E-state index contributed by atoms with van der Waals surface area (Å²) in [7, 11) is 0. The van der Waals surface area contributed by atoms with Gasteiger partial charge in [0.15, 0.2) is 0 Å². The first-order chi connectivity index (χ1) is 4.20. The van der Waals surface area contributed by atoms with E-state index in [0.29, 0.717) is 0 Å². The maximum Gasteiger partial charge on any atom is 0.129 e. The number of phenolic OH excluding ortho intramolecular Hbond substituents is 1. The van der Waals surface area contributed by atoms with Gasteiger partial charge < -0.3 is 5.11 Å². The van der Waals surface area contributed by atoms with E-state index in [-0.39, 0.29) is 5.75 Å². The van der Waals surface area contributed by atoms with Crippen molar-refractivity contribution in [1.29, 1.82) is 0 Å². The Kier molecular flexibility index (Phi) is 2.35. The SMILES string of the molecule is Oc1ccc(I)cc1Br. The molecule has 1 N–H and O–H groups in total. The molecule has 1 nitrogen and oxygen atoms in total. The van der Waals surface area contributed by atoms with Gasteiger partial charge in [-0.2, -0.15) is 0 Å². The third kappa shape index (κ3) is 1.82. The molecule has 48 valence electrons. The number of rotatable bonds is 0. The van der Waals surface area contributed by atoms with Crippen molar-refractivity contribution >= 4 is 38.5 Å². The van der Waals surface area contributed by atoms with Crippen LogP contribution in [-0.4, -0.2) is 5.11 Å². The number of phenols is 1. The lowest BCUT2D eigenvalue weighted by Crippen LogP contribution is -1.70. The minimum Gasteiger partial charge on any atom is -0.507 e. The Morgan fingerprint density at radius 1 is 1.44 bits per heavy atom. The predicted octanol–water partition coefficient (Wildman–Crippen LogP) is 2.76. The van der Waals surface area contributed by atoms with Crippen LogP contribution < -0.4 is 0 Å². The normalized spacial score (nSPS) is 9.56. The summed E-state index contributed by atoms with van der Waals surface area (Å²) in [6.07, 6.45) is 0. The van der Waals surface area contributed by atoms with Gasteiger partial charge in [0, 0.05) is 3.57 Å². The Morgan fingerprint density at radius 3 is 2.56 bits per heavy atom. The molecule has 0 radical (unpaired) electrons. The van der Waals surface area contributed by atoms with Crippen LogP contribution in [0.25, 0.3) is 0 Å². The molecule has 0 saturated carbocycles. The molecule has 0 aliphatic carbocycles. The second-order valence-corrected chi connectivity index (χ2v) is 3.70. The predicted molar refractivity (Wildman–Crippen MR) is 48.5 cm³/mol. The highest BCUT2D eigenvalue weighted by molar-refractivity contribution is 14.1. The van der Waals surface area contributed by atoms with Crippen LogP contribution in [0.4, 0.5) is 0 Å². The Labute approximate surface area is 75.4 Å².